The van der Waals surface area contributed by atoms with E-state index in [4.69, 9.17) is 17.0 Å². The zero-order chi connectivity index (χ0) is 10.1. The summed E-state index contributed by atoms with van der Waals surface area (Å²) >= 11 is 4.76. The van der Waals surface area contributed by atoms with Crippen molar-refractivity contribution in [3.8, 4) is 0 Å². The summed E-state index contributed by atoms with van der Waals surface area (Å²) < 4.78 is 7.02. The van der Waals surface area contributed by atoms with Crippen molar-refractivity contribution in [2.75, 3.05) is 0 Å². The monoisotopic (exact) mass is 210 g/mol. The Morgan fingerprint density at radius 3 is 2.93 bits per heavy atom. The van der Waals surface area contributed by atoms with Gasteiger partial charge in [0.05, 0.1) is 5.69 Å². The van der Waals surface area contributed by atoms with Crippen molar-refractivity contribution in [2.45, 2.75) is 26.1 Å². The largest absolute Gasteiger partial charge is 0.438 e. The fourth-order valence-electron chi connectivity index (χ4n) is 1.24. The molecular formula is C8H10N4OS. The maximum Gasteiger partial charge on any atom is 0.304 e. The molecule has 1 aliphatic rings. The number of aromatic nitrogens is 2. The lowest BCUT2D eigenvalue weighted by Crippen LogP contribution is -2.21. The summed E-state index contributed by atoms with van der Waals surface area (Å²) in [5.74, 6) is 0. The second-order valence-corrected chi connectivity index (χ2v) is 3.52. The van der Waals surface area contributed by atoms with E-state index in [2.05, 4.69) is 15.3 Å². The molecule has 0 fully saturated rings. The van der Waals surface area contributed by atoms with Crippen LogP contribution in [-0.4, -0.2) is 21.2 Å². The van der Waals surface area contributed by atoms with Crippen LogP contribution in [0.2, 0.25) is 0 Å². The molecular weight excluding hydrogens is 200 g/mol. The summed E-state index contributed by atoms with van der Waals surface area (Å²) in [6.07, 6.45) is 1.54. The van der Waals surface area contributed by atoms with E-state index in [9.17, 15) is 0 Å². The average Bonchev–Trinajstić information content (AvgIpc) is 2.73. The van der Waals surface area contributed by atoms with E-state index in [-0.39, 0.29) is 17.4 Å². The van der Waals surface area contributed by atoms with Crippen molar-refractivity contribution in [3.05, 3.63) is 18.0 Å². The number of hydrogen-bond acceptors (Lipinski definition) is 4. The number of ether oxygens (including phenoxy) is 1. The molecule has 0 radical (unpaired) electrons. The Bertz CT molecular complexity index is 386. The summed E-state index contributed by atoms with van der Waals surface area (Å²) in [7, 11) is 0. The van der Waals surface area contributed by atoms with Gasteiger partial charge in [0.25, 0.3) is 0 Å². The minimum atomic E-state index is -0.346. The summed E-state index contributed by atoms with van der Waals surface area (Å²) in [5, 5.41) is 12.0. The first kappa shape index (κ1) is 9.26. The number of thiocarbonyl (C=S) groups is 1. The number of azo groups is 1. The minimum absolute atomic E-state index is 0.00731. The van der Waals surface area contributed by atoms with Crippen molar-refractivity contribution >= 4 is 17.4 Å². The van der Waals surface area contributed by atoms with E-state index in [0.29, 0.717) is 0 Å². The van der Waals surface area contributed by atoms with Gasteiger partial charge < -0.3 is 4.74 Å². The first-order chi connectivity index (χ1) is 6.66. The van der Waals surface area contributed by atoms with Gasteiger partial charge in [-0.05, 0) is 32.1 Å². The fourth-order valence-corrected chi connectivity index (χ4v) is 1.39. The second kappa shape index (κ2) is 3.45. The maximum absolute atomic E-state index is 5.22. The van der Waals surface area contributed by atoms with Gasteiger partial charge in [-0.2, -0.15) is 5.10 Å². The summed E-state index contributed by atoms with van der Waals surface area (Å²) in [6, 6.07) is 1.94. The molecule has 0 aliphatic carbocycles. The molecule has 0 amide bonds. The summed E-state index contributed by atoms with van der Waals surface area (Å²) in [5.41, 5.74) is 0.967. The quantitative estimate of drug-likeness (QED) is 0.700. The van der Waals surface area contributed by atoms with Crippen LogP contribution >= 0.6 is 12.2 Å². The van der Waals surface area contributed by atoms with Crippen LogP contribution in [0.3, 0.4) is 0 Å². The highest BCUT2D eigenvalue weighted by Gasteiger charge is 2.25. The van der Waals surface area contributed by atoms with Gasteiger partial charge in [-0.25, -0.2) is 0 Å². The minimum Gasteiger partial charge on any atom is -0.438 e. The van der Waals surface area contributed by atoms with Crippen LogP contribution in [0.1, 0.15) is 18.7 Å². The van der Waals surface area contributed by atoms with Crippen molar-refractivity contribution < 1.29 is 4.74 Å². The molecule has 0 saturated heterocycles. The molecule has 2 rings (SSSR count). The van der Waals surface area contributed by atoms with Gasteiger partial charge in [-0.15, -0.1) is 10.2 Å². The van der Waals surface area contributed by atoms with E-state index in [1.54, 1.807) is 4.68 Å². The van der Waals surface area contributed by atoms with Gasteiger partial charge in [0.2, 0.25) is 6.23 Å². The van der Waals surface area contributed by atoms with E-state index >= 15 is 0 Å². The molecule has 1 aliphatic heterocycles. The Hall–Kier alpha value is -1.30. The fraction of sp³-hybridized carbons (Fsp3) is 0.500. The maximum atomic E-state index is 5.22. The third kappa shape index (κ3) is 1.65. The van der Waals surface area contributed by atoms with Gasteiger partial charge in [0.1, 0.15) is 6.04 Å². The molecule has 0 bridgehead atoms. The van der Waals surface area contributed by atoms with Gasteiger partial charge in [0.15, 0.2) is 0 Å². The lowest BCUT2D eigenvalue weighted by atomic mass is 10.3. The van der Waals surface area contributed by atoms with Crippen LogP contribution in [0.15, 0.2) is 22.5 Å². The zero-order valence-corrected chi connectivity index (χ0v) is 8.73. The second-order valence-electron chi connectivity index (χ2n) is 3.17. The molecule has 0 saturated carbocycles. The van der Waals surface area contributed by atoms with Crippen molar-refractivity contribution in [3.63, 3.8) is 0 Å². The highest BCUT2D eigenvalue weighted by Crippen LogP contribution is 2.20. The number of hydrogen-bond donors (Lipinski definition) is 0. The molecule has 0 N–H and O–H groups in total. The topological polar surface area (TPSA) is 51.8 Å². The number of rotatable bonds is 2. The lowest BCUT2D eigenvalue weighted by Gasteiger charge is -2.15. The molecule has 0 spiro atoms. The Balaban J connectivity index is 2.13. The van der Waals surface area contributed by atoms with E-state index in [1.807, 2.05) is 26.1 Å². The highest BCUT2D eigenvalue weighted by atomic mass is 32.1. The Morgan fingerprint density at radius 2 is 2.43 bits per heavy atom. The van der Waals surface area contributed by atoms with E-state index in [0.717, 1.165) is 5.69 Å². The van der Waals surface area contributed by atoms with Crippen LogP contribution < -0.4 is 0 Å². The van der Waals surface area contributed by atoms with Crippen LogP contribution in [0.4, 0.5) is 0 Å². The molecule has 2 atom stereocenters. The molecule has 2 unspecified atom stereocenters. The van der Waals surface area contributed by atoms with Crippen molar-refractivity contribution in [1.29, 1.82) is 0 Å². The predicted octanol–water partition coefficient (Wildman–Crippen LogP) is 1.85. The molecule has 14 heavy (non-hydrogen) atoms. The molecule has 1 aromatic heterocycles. The summed E-state index contributed by atoms with van der Waals surface area (Å²) in [4.78, 5) is 0. The molecule has 1 aromatic rings. The Kier molecular flexibility index (Phi) is 2.28. The van der Waals surface area contributed by atoms with Gasteiger partial charge in [-0.1, -0.05) is 0 Å². The van der Waals surface area contributed by atoms with Crippen LogP contribution in [-0.2, 0) is 4.74 Å². The normalized spacial score (nSPS) is 22.4. The van der Waals surface area contributed by atoms with Crippen molar-refractivity contribution in [2.24, 2.45) is 10.2 Å². The molecule has 6 heteroatoms. The van der Waals surface area contributed by atoms with Gasteiger partial charge in [0, 0.05) is 6.20 Å². The predicted molar refractivity (Wildman–Crippen MR) is 54.0 cm³/mol. The van der Waals surface area contributed by atoms with Crippen LogP contribution in [0.25, 0.3) is 0 Å². The smallest absolute Gasteiger partial charge is 0.304 e. The number of nitrogens with zero attached hydrogens (tertiary/aromatic N) is 4. The SMILES string of the molecule is Cc1ccn(C(C)C2N=NC(=S)O2)n1. The molecule has 2 heterocycles. The lowest BCUT2D eigenvalue weighted by molar-refractivity contribution is 0.154. The highest BCUT2D eigenvalue weighted by molar-refractivity contribution is 7.80. The van der Waals surface area contributed by atoms with E-state index < -0.39 is 0 Å². The average molecular weight is 210 g/mol. The van der Waals surface area contributed by atoms with Gasteiger partial charge >= 0.3 is 5.17 Å². The standard InChI is InChI=1S/C8H10N4OS/c1-5-3-4-12(11-5)6(2)7-9-10-8(14)13-7/h3-4,6-7H,1-2H3. The first-order valence-electron chi connectivity index (χ1n) is 4.30. The first-order valence-corrected chi connectivity index (χ1v) is 4.71. The molecule has 5 nitrogen and oxygen atoms in total. The molecule has 74 valence electrons. The third-order valence-electron chi connectivity index (χ3n) is 2.05. The van der Waals surface area contributed by atoms with Crippen LogP contribution in [0, 0.1) is 6.92 Å². The zero-order valence-electron chi connectivity index (χ0n) is 7.91. The van der Waals surface area contributed by atoms with Gasteiger partial charge in [-0.3, -0.25) is 4.68 Å². The molecule has 0 aromatic carbocycles. The van der Waals surface area contributed by atoms with Crippen LogP contribution in [0.5, 0.6) is 0 Å². The Morgan fingerprint density at radius 1 is 1.64 bits per heavy atom. The summed E-state index contributed by atoms with van der Waals surface area (Å²) in [6.45, 7) is 3.90. The van der Waals surface area contributed by atoms with Crippen molar-refractivity contribution in [1.82, 2.24) is 9.78 Å². The van der Waals surface area contributed by atoms with E-state index in [1.165, 1.54) is 0 Å². The Labute approximate surface area is 86.8 Å². The number of aryl methyl sites for hydroxylation is 1. The third-order valence-corrected chi connectivity index (χ3v) is 2.22.